The van der Waals surface area contributed by atoms with E-state index in [0.29, 0.717) is 13.0 Å². The van der Waals surface area contributed by atoms with Crippen LogP contribution in [-0.2, 0) is 27.2 Å². The van der Waals surface area contributed by atoms with E-state index < -0.39 is 12.1 Å². The summed E-state index contributed by atoms with van der Waals surface area (Å²) in [6, 6.07) is 21.7. The number of benzene rings is 2. The minimum Gasteiger partial charge on any atom is -0.453 e. The van der Waals surface area contributed by atoms with Crippen molar-refractivity contribution in [1.82, 2.24) is 10.3 Å². The highest BCUT2D eigenvalue weighted by Gasteiger charge is 2.17. The molecule has 5 nitrogen and oxygen atoms in total. The molecule has 1 unspecified atom stereocenters. The summed E-state index contributed by atoms with van der Waals surface area (Å²) < 4.78 is 5.25. The molecule has 0 bridgehead atoms. The third-order valence-electron chi connectivity index (χ3n) is 4.47. The summed E-state index contributed by atoms with van der Waals surface area (Å²) in [6.45, 7) is 2.09. The molecule has 144 valence electrons. The first-order valence-electron chi connectivity index (χ1n) is 9.47. The number of pyridine rings is 1. The Morgan fingerprint density at radius 2 is 1.71 bits per heavy atom. The maximum absolute atomic E-state index is 12.1. The lowest BCUT2D eigenvalue weighted by molar-refractivity contribution is -0.154. The van der Waals surface area contributed by atoms with Crippen LogP contribution in [0.3, 0.4) is 0 Å². The number of esters is 1. The molecular weight excluding hydrogens is 352 g/mol. The summed E-state index contributed by atoms with van der Waals surface area (Å²) in [4.78, 5) is 28.7. The second kappa shape index (κ2) is 9.65. The van der Waals surface area contributed by atoms with Gasteiger partial charge >= 0.3 is 5.97 Å². The third-order valence-corrected chi connectivity index (χ3v) is 4.47. The summed E-state index contributed by atoms with van der Waals surface area (Å²) in [7, 11) is 0. The van der Waals surface area contributed by atoms with Crippen molar-refractivity contribution in [2.75, 3.05) is 6.54 Å². The number of carbonyl (C=O) groups excluding carboxylic acids is 2. The predicted octanol–water partition coefficient (Wildman–Crippen LogP) is 3.46. The van der Waals surface area contributed by atoms with Gasteiger partial charge in [0.1, 0.15) is 0 Å². The fourth-order valence-electron chi connectivity index (χ4n) is 2.91. The Morgan fingerprint density at radius 3 is 2.54 bits per heavy atom. The summed E-state index contributed by atoms with van der Waals surface area (Å²) >= 11 is 0. The average Bonchev–Trinajstić information content (AvgIpc) is 2.72. The van der Waals surface area contributed by atoms with Crippen molar-refractivity contribution in [3.8, 4) is 0 Å². The topological polar surface area (TPSA) is 68.3 Å². The van der Waals surface area contributed by atoms with Gasteiger partial charge < -0.3 is 10.1 Å². The van der Waals surface area contributed by atoms with E-state index in [4.69, 9.17) is 4.74 Å². The summed E-state index contributed by atoms with van der Waals surface area (Å²) in [6.07, 6.45) is 0.590. The minimum atomic E-state index is -0.812. The first kappa shape index (κ1) is 19.5. The van der Waals surface area contributed by atoms with Gasteiger partial charge in [0, 0.05) is 24.0 Å². The van der Waals surface area contributed by atoms with Crippen LogP contribution in [0, 0.1) is 0 Å². The molecule has 0 spiro atoms. The lowest BCUT2D eigenvalue weighted by Crippen LogP contribution is -2.36. The van der Waals surface area contributed by atoms with E-state index in [-0.39, 0.29) is 12.3 Å². The van der Waals surface area contributed by atoms with Crippen molar-refractivity contribution in [2.24, 2.45) is 0 Å². The van der Waals surface area contributed by atoms with Crippen LogP contribution >= 0.6 is 0 Å². The molecule has 0 aliphatic carbocycles. The standard InChI is InChI=1S/C23H24N2O3/c1-17(23(27)24-16-15-18-7-3-2-4-8-18)28-22(26)14-13-20-12-11-19-9-5-6-10-21(19)25-20/h2-12,17H,13-16H2,1H3,(H,24,27). The van der Waals surface area contributed by atoms with E-state index in [9.17, 15) is 9.59 Å². The number of ether oxygens (including phenoxy) is 1. The number of rotatable bonds is 8. The lowest BCUT2D eigenvalue weighted by Gasteiger charge is -2.13. The van der Waals surface area contributed by atoms with Gasteiger partial charge in [-0.05, 0) is 31.0 Å². The van der Waals surface area contributed by atoms with Gasteiger partial charge in [-0.15, -0.1) is 0 Å². The van der Waals surface area contributed by atoms with E-state index >= 15 is 0 Å². The van der Waals surface area contributed by atoms with Crippen molar-refractivity contribution >= 4 is 22.8 Å². The number of hydrogen-bond donors (Lipinski definition) is 1. The zero-order chi connectivity index (χ0) is 19.8. The van der Waals surface area contributed by atoms with Gasteiger partial charge in [-0.2, -0.15) is 0 Å². The van der Waals surface area contributed by atoms with Crippen LogP contribution in [0.2, 0.25) is 0 Å². The van der Waals surface area contributed by atoms with Crippen molar-refractivity contribution in [1.29, 1.82) is 0 Å². The maximum atomic E-state index is 12.1. The second-order valence-electron chi connectivity index (χ2n) is 6.65. The Bertz CT molecular complexity index is 941. The number of carbonyl (C=O) groups is 2. The number of amides is 1. The van der Waals surface area contributed by atoms with Crippen LogP contribution in [0.4, 0.5) is 0 Å². The zero-order valence-corrected chi connectivity index (χ0v) is 15.9. The van der Waals surface area contributed by atoms with Crippen molar-refractivity contribution in [2.45, 2.75) is 32.3 Å². The maximum Gasteiger partial charge on any atom is 0.306 e. The molecule has 0 saturated carbocycles. The van der Waals surface area contributed by atoms with Crippen LogP contribution in [0.5, 0.6) is 0 Å². The molecule has 3 rings (SSSR count). The highest BCUT2D eigenvalue weighted by molar-refractivity contribution is 5.83. The molecule has 0 aliphatic rings. The highest BCUT2D eigenvalue weighted by Crippen LogP contribution is 2.13. The van der Waals surface area contributed by atoms with Gasteiger partial charge in [0.15, 0.2) is 6.10 Å². The normalized spacial score (nSPS) is 11.8. The van der Waals surface area contributed by atoms with Crippen LogP contribution in [-0.4, -0.2) is 29.5 Å². The Morgan fingerprint density at radius 1 is 0.964 bits per heavy atom. The van der Waals surface area contributed by atoms with Crippen LogP contribution in [0.15, 0.2) is 66.7 Å². The number of aromatic nitrogens is 1. The van der Waals surface area contributed by atoms with E-state index in [0.717, 1.165) is 28.6 Å². The minimum absolute atomic E-state index is 0.187. The quantitative estimate of drug-likeness (QED) is 0.612. The number of fused-ring (bicyclic) bond motifs is 1. The summed E-state index contributed by atoms with van der Waals surface area (Å²) in [5, 5.41) is 3.87. The molecule has 1 atom stereocenters. The van der Waals surface area contributed by atoms with Gasteiger partial charge in [0.25, 0.3) is 5.91 Å². The Kier molecular flexibility index (Phi) is 6.73. The summed E-state index contributed by atoms with van der Waals surface area (Å²) in [5.41, 5.74) is 2.88. The number of para-hydroxylation sites is 1. The Labute approximate surface area is 164 Å². The third kappa shape index (κ3) is 5.64. The Hall–Kier alpha value is -3.21. The van der Waals surface area contributed by atoms with Crippen LogP contribution in [0.1, 0.15) is 24.6 Å². The SMILES string of the molecule is CC(OC(=O)CCc1ccc2ccccc2n1)C(=O)NCCc1ccccc1. The monoisotopic (exact) mass is 376 g/mol. The number of aryl methyl sites for hydroxylation is 1. The van der Waals surface area contributed by atoms with Gasteiger partial charge in [-0.1, -0.05) is 54.6 Å². The predicted molar refractivity (Wildman–Crippen MR) is 109 cm³/mol. The first-order valence-corrected chi connectivity index (χ1v) is 9.47. The van der Waals surface area contributed by atoms with E-state index in [1.165, 1.54) is 0 Å². The van der Waals surface area contributed by atoms with Gasteiger partial charge in [-0.25, -0.2) is 0 Å². The van der Waals surface area contributed by atoms with Gasteiger partial charge in [0.05, 0.1) is 11.9 Å². The number of nitrogens with zero attached hydrogens (tertiary/aromatic N) is 1. The van der Waals surface area contributed by atoms with Gasteiger partial charge in [-0.3, -0.25) is 14.6 Å². The van der Waals surface area contributed by atoms with E-state index in [1.54, 1.807) is 6.92 Å². The molecule has 2 aromatic carbocycles. The smallest absolute Gasteiger partial charge is 0.306 e. The van der Waals surface area contributed by atoms with Crippen LogP contribution in [0.25, 0.3) is 10.9 Å². The molecule has 0 radical (unpaired) electrons. The largest absolute Gasteiger partial charge is 0.453 e. The summed E-state index contributed by atoms with van der Waals surface area (Å²) in [5.74, 6) is -0.686. The molecule has 5 heteroatoms. The molecule has 28 heavy (non-hydrogen) atoms. The average molecular weight is 376 g/mol. The number of nitrogens with one attached hydrogen (secondary N) is 1. The molecular formula is C23H24N2O3. The zero-order valence-electron chi connectivity index (χ0n) is 15.9. The molecule has 1 amide bonds. The molecule has 0 fully saturated rings. The molecule has 1 heterocycles. The van der Waals surface area contributed by atoms with E-state index in [2.05, 4.69) is 10.3 Å². The molecule has 3 aromatic rings. The van der Waals surface area contributed by atoms with E-state index in [1.807, 2.05) is 66.7 Å². The van der Waals surface area contributed by atoms with Crippen molar-refractivity contribution < 1.29 is 14.3 Å². The fraction of sp³-hybridized carbons (Fsp3) is 0.261. The van der Waals surface area contributed by atoms with Crippen LogP contribution < -0.4 is 5.32 Å². The Balaban J connectivity index is 1.41. The first-order chi connectivity index (χ1) is 13.6. The second-order valence-corrected chi connectivity index (χ2v) is 6.65. The lowest BCUT2D eigenvalue weighted by atomic mass is 10.1. The molecule has 0 aliphatic heterocycles. The molecule has 1 N–H and O–H groups in total. The highest BCUT2D eigenvalue weighted by atomic mass is 16.5. The fourth-order valence-corrected chi connectivity index (χ4v) is 2.91. The van der Waals surface area contributed by atoms with Crippen molar-refractivity contribution in [3.63, 3.8) is 0 Å². The number of hydrogen-bond acceptors (Lipinski definition) is 4. The van der Waals surface area contributed by atoms with Crippen molar-refractivity contribution in [3.05, 3.63) is 78.0 Å². The molecule has 0 saturated heterocycles. The van der Waals surface area contributed by atoms with Gasteiger partial charge in [0.2, 0.25) is 0 Å². The molecule has 1 aromatic heterocycles.